The number of amides is 1. The number of hydrogen-bond donors (Lipinski definition) is 0. The Balaban J connectivity index is 1.11. The number of hydrogen-bond acceptors (Lipinski definition) is 5. The molecule has 0 atom stereocenters. The van der Waals surface area contributed by atoms with Gasteiger partial charge in [-0.2, -0.15) is 18.3 Å². The minimum Gasteiger partial charge on any atom is -0.457 e. The number of carbonyl (C=O) groups is 2. The van der Waals surface area contributed by atoms with E-state index in [-0.39, 0.29) is 37.0 Å². The number of carbonyl (C=O) groups excluding carboxylic acids is 2. The van der Waals surface area contributed by atoms with Gasteiger partial charge in [-0.3, -0.25) is 14.3 Å². The van der Waals surface area contributed by atoms with E-state index in [1.807, 2.05) is 22.7 Å². The number of nitrogens with zero attached hydrogens (tertiary/aromatic N) is 3. The Hall–Kier alpha value is -4.25. The highest BCUT2D eigenvalue weighted by Crippen LogP contribution is 2.27. The second kappa shape index (κ2) is 13.6. The van der Waals surface area contributed by atoms with E-state index in [0.717, 1.165) is 29.3 Å². The smallest absolute Gasteiger partial charge is 0.411 e. The Kier molecular flexibility index (Phi) is 9.63. The van der Waals surface area contributed by atoms with E-state index in [0.29, 0.717) is 48.2 Å². The van der Waals surface area contributed by atoms with E-state index in [2.05, 4.69) is 9.84 Å². The van der Waals surface area contributed by atoms with Crippen LogP contribution in [0.15, 0.2) is 66.9 Å². The molecular weight excluding hydrogens is 578 g/mol. The summed E-state index contributed by atoms with van der Waals surface area (Å²) >= 11 is 0. The summed E-state index contributed by atoms with van der Waals surface area (Å²) < 4.78 is 62.0. The van der Waals surface area contributed by atoms with E-state index in [4.69, 9.17) is 4.74 Å². The number of ether oxygens (including phenoxy) is 2. The van der Waals surface area contributed by atoms with Crippen LogP contribution in [-0.4, -0.2) is 58.9 Å². The van der Waals surface area contributed by atoms with Crippen molar-refractivity contribution in [2.45, 2.75) is 45.3 Å². The molecule has 0 saturated carbocycles. The summed E-state index contributed by atoms with van der Waals surface area (Å²) in [5, 5.41) is 5.55. The molecule has 1 fully saturated rings. The number of ketones is 1. The number of rotatable bonds is 11. The highest BCUT2D eigenvalue weighted by Gasteiger charge is 2.27. The van der Waals surface area contributed by atoms with E-state index < -0.39 is 12.8 Å². The zero-order chi connectivity index (χ0) is 31.3. The summed E-state index contributed by atoms with van der Waals surface area (Å²) in [6.45, 7) is 2.35. The third-order valence-electron chi connectivity index (χ3n) is 7.76. The van der Waals surface area contributed by atoms with Crippen LogP contribution < -0.4 is 4.74 Å². The van der Waals surface area contributed by atoms with Crippen molar-refractivity contribution >= 4 is 22.6 Å². The number of alkyl halides is 3. The van der Waals surface area contributed by atoms with Crippen LogP contribution in [0.1, 0.15) is 52.0 Å². The molecule has 5 rings (SSSR count). The minimum atomic E-state index is -4.38. The molecule has 1 saturated heterocycles. The average molecular weight is 612 g/mol. The molecule has 0 radical (unpaired) electrons. The zero-order valence-corrected chi connectivity index (χ0v) is 24.3. The SMILES string of the molecule is Cc1c(C(=O)CCCOCC(F)(F)F)ccc2nn(CC3CCN(C(=O)c4ccc(Oc5ccc(F)cc5)cc4)CC3)cc12. The topological polar surface area (TPSA) is 73.7 Å². The van der Waals surface area contributed by atoms with E-state index in [9.17, 15) is 27.2 Å². The zero-order valence-electron chi connectivity index (χ0n) is 24.3. The molecule has 3 aromatic carbocycles. The van der Waals surface area contributed by atoms with Gasteiger partial charge in [0.25, 0.3) is 5.91 Å². The molecule has 7 nitrogen and oxygen atoms in total. The molecule has 0 unspecified atom stereocenters. The molecule has 11 heteroatoms. The molecule has 0 aliphatic carbocycles. The Morgan fingerprint density at radius 3 is 2.27 bits per heavy atom. The number of Topliss-reactive ketones (excluding diaryl/α,β-unsaturated/α-hetero) is 1. The van der Waals surface area contributed by atoms with Crippen molar-refractivity contribution < 1.29 is 36.6 Å². The molecule has 4 aromatic rings. The van der Waals surface area contributed by atoms with Gasteiger partial charge in [0, 0.05) is 55.4 Å². The summed E-state index contributed by atoms with van der Waals surface area (Å²) in [5.41, 5.74) is 2.68. The fourth-order valence-corrected chi connectivity index (χ4v) is 5.40. The normalized spacial score (nSPS) is 14.2. The van der Waals surface area contributed by atoms with Gasteiger partial charge in [-0.15, -0.1) is 0 Å². The van der Waals surface area contributed by atoms with Crippen LogP contribution in [0.25, 0.3) is 10.9 Å². The Labute approximate surface area is 252 Å². The van der Waals surface area contributed by atoms with Crippen molar-refractivity contribution in [2.75, 3.05) is 26.3 Å². The summed E-state index contributed by atoms with van der Waals surface area (Å²) in [5.74, 6) is 0.874. The molecule has 1 aliphatic heterocycles. The van der Waals surface area contributed by atoms with Gasteiger partial charge in [0.05, 0.1) is 5.52 Å². The molecule has 1 amide bonds. The first-order valence-corrected chi connectivity index (χ1v) is 14.5. The third-order valence-corrected chi connectivity index (χ3v) is 7.76. The maximum atomic E-state index is 13.1. The van der Waals surface area contributed by atoms with Gasteiger partial charge in [-0.25, -0.2) is 4.39 Å². The van der Waals surface area contributed by atoms with Crippen molar-refractivity contribution in [3.05, 3.63) is 89.4 Å². The Bertz CT molecular complexity index is 1590. The van der Waals surface area contributed by atoms with Crippen LogP contribution in [0.3, 0.4) is 0 Å². The molecule has 0 N–H and O–H groups in total. The molecule has 2 heterocycles. The predicted molar refractivity (Wildman–Crippen MR) is 156 cm³/mol. The van der Waals surface area contributed by atoms with Gasteiger partial charge in [0.2, 0.25) is 0 Å². The maximum Gasteiger partial charge on any atom is 0.411 e. The number of halogens is 4. The van der Waals surface area contributed by atoms with Gasteiger partial charge in [0.1, 0.15) is 23.9 Å². The molecule has 1 aliphatic rings. The van der Waals surface area contributed by atoms with Crippen LogP contribution >= 0.6 is 0 Å². The van der Waals surface area contributed by atoms with Crippen LogP contribution in [0.5, 0.6) is 11.5 Å². The standard InChI is InChI=1S/C33H33F4N3O4/c1-22-28(31(41)3-2-18-43-21-33(35,36)37)12-13-30-29(22)20-40(38-30)19-23-14-16-39(17-15-23)32(42)24-4-8-26(9-5-24)44-27-10-6-25(34)7-11-27/h4-13,20,23H,2-3,14-19,21H2,1H3. The highest BCUT2D eigenvalue weighted by molar-refractivity contribution is 6.01. The lowest BCUT2D eigenvalue weighted by atomic mass is 9.96. The maximum absolute atomic E-state index is 13.1. The number of likely N-dealkylation sites (tertiary alicyclic amines) is 1. The fourth-order valence-electron chi connectivity index (χ4n) is 5.40. The number of fused-ring (bicyclic) bond motifs is 1. The van der Waals surface area contributed by atoms with E-state index in [1.54, 1.807) is 48.5 Å². The number of piperidine rings is 1. The van der Waals surface area contributed by atoms with Gasteiger partial charge in [-0.1, -0.05) is 0 Å². The number of benzene rings is 3. The van der Waals surface area contributed by atoms with Crippen molar-refractivity contribution in [2.24, 2.45) is 5.92 Å². The molecule has 232 valence electrons. The number of aryl methyl sites for hydroxylation is 1. The average Bonchev–Trinajstić information content (AvgIpc) is 3.41. The van der Waals surface area contributed by atoms with Crippen LogP contribution in [0.4, 0.5) is 17.6 Å². The second-order valence-electron chi connectivity index (χ2n) is 11.0. The van der Waals surface area contributed by atoms with Crippen molar-refractivity contribution in [3.63, 3.8) is 0 Å². The predicted octanol–water partition coefficient (Wildman–Crippen LogP) is 7.37. The van der Waals surface area contributed by atoms with Crippen molar-refractivity contribution in [1.29, 1.82) is 0 Å². The summed E-state index contributed by atoms with van der Waals surface area (Å²) in [6, 6.07) is 16.1. The Morgan fingerprint density at radius 1 is 0.955 bits per heavy atom. The van der Waals surface area contributed by atoms with Crippen LogP contribution in [0.2, 0.25) is 0 Å². The van der Waals surface area contributed by atoms with E-state index >= 15 is 0 Å². The summed E-state index contributed by atoms with van der Waals surface area (Å²) in [6.07, 6.45) is -0.480. The fraction of sp³-hybridized carbons (Fsp3) is 0.364. The first-order valence-electron chi connectivity index (χ1n) is 14.5. The molecular formula is C33H33F4N3O4. The minimum absolute atomic E-state index is 0.0404. The molecule has 1 aromatic heterocycles. The summed E-state index contributed by atoms with van der Waals surface area (Å²) in [7, 11) is 0. The van der Waals surface area contributed by atoms with Gasteiger partial charge in [-0.05, 0) is 98.3 Å². The van der Waals surface area contributed by atoms with Gasteiger partial charge in [0.15, 0.2) is 5.78 Å². The van der Waals surface area contributed by atoms with Crippen LogP contribution in [0, 0.1) is 18.7 Å². The largest absolute Gasteiger partial charge is 0.457 e. The molecule has 0 bridgehead atoms. The highest BCUT2D eigenvalue weighted by atomic mass is 19.4. The first-order chi connectivity index (χ1) is 21.1. The van der Waals surface area contributed by atoms with Gasteiger partial charge >= 0.3 is 6.18 Å². The van der Waals surface area contributed by atoms with Gasteiger partial charge < -0.3 is 14.4 Å². The first kappa shape index (κ1) is 31.2. The lowest BCUT2D eigenvalue weighted by Gasteiger charge is -2.32. The van der Waals surface area contributed by atoms with Crippen molar-refractivity contribution in [3.8, 4) is 11.5 Å². The lowest BCUT2D eigenvalue weighted by Crippen LogP contribution is -2.39. The number of aromatic nitrogens is 2. The second-order valence-corrected chi connectivity index (χ2v) is 11.0. The summed E-state index contributed by atoms with van der Waals surface area (Å²) in [4.78, 5) is 27.7. The third kappa shape index (κ3) is 8.02. The van der Waals surface area contributed by atoms with Crippen molar-refractivity contribution in [1.82, 2.24) is 14.7 Å². The molecule has 0 spiro atoms. The Morgan fingerprint density at radius 2 is 1.61 bits per heavy atom. The lowest BCUT2D eigenvalue weighted by molar-refractivity contribution is -0.173. The monoisotopic (exact) mass is 611 g/mol. The quantitative estimate of drug-likeness (QED) is 0.101. The van der Waals surface area contributed by atoms with Crippen LogP contribution in [-0.2, 0) is 11.3 Å². The van der Waals surface area contributed by atoms with E-state index in [1.165, 1.54) is 12.1 Å². The molecule has 44 heavy (non-hydrogen) atoms.